The maximum absolute atomic E-state index is 12.9. The standard InChI is InChI=1S/C15H19F2N3O4S/c1-23-11-7-5-6-10(13(11)24-15(16)17)14-19-25(21,22)18-12-8-3-2-4-9-20(12)14/h5-7,14-15,19H,2-4,8-9H2,1H3/t14-/m0/s1. The van der Waals surface area contributed by atoms with Crippen molar-refractivity contribution in [3.63, 3.8) is 0 Å². The van der Waals surface area contributed by atoms with Crippen molar-refractivity contribution in [3.8, 4) is 11.5 Å². The van der Waals surface area contributed by atoms with E-state index in [2.05, 4.69) is 13.9 Å². The van der Waals surface area contributed by atoms with Crippen molar-refractivity contribution < 1.29 is 26.7 Å². The summed E-state index contributed by atoms with van der Waals surface area (Å²) in [6, 6.07) is 4.63. The molecule has 2 aliphatic rings. The summed E-state index contributed by atoms with van der Waals surface area (Å²) in [4.78, 5) is 1.79. The molecule has 0 aromatic heterocycles. The highest BCUT2D eigenvalue weighted by Gasteiger charge is 2.36. The molecule has 1 aromatic carbocycles. The molecule has 1 saturated heterocycles. The van der Waals surface area contributed by atoms with Crippen LogP contribution in [0, 0.1) is 0 Å². The molecule has 0 amide bonds. The second-order valence-corrected chi connectivity index (χ2v) is 7.13. The van der Waals surface area contributed by atoms with Gasteiger partial charge < -0.3 is 14.4 Å². The van der Waals surface area contributed by atoms with E-state index in [-0.39, 0.29) is 17.1 Å². The van der Waals surface area contributed by atoms with Crippen molar-refractivity contribution in [1.29, 1.82) is 0 Å². The van der Waals surface area contributed by atoms with Crippen LogP contribution in [0.3, 0.4) is 0 Å². The molecule has 7 nitrogen and oxygen atoms in total. The molecular formula is C15H19F2N3O4S. The monoisotopic (exact) mass is 375 g/mol. The minimum absolute atomic E-state index is 0.107. The number of ether oxygens (including phenoxy) is 2. The first-order chi connectivity index (χ1) is 11.9. The third-order valence-electron chi connectivity index (χ3n) is 4.16. The van der Waals surface area contributed by atoms with E-state index in [1.165, 1.54) is 13.2 Å². The Balaban J connectivity index is 2.09. The third kappa shape index (κ3) is 3.84. The van der Waals surface area contributed by atoms with Gasteiger partial charge in [-0.25, -0.2) is 0 Å². The van der Waals surface area contributed by atoms with Gasteiger partial charge in [-0.1, -0.05) is 18.6 Å². The lowest BCUT2D eigenvalue weighted by Crippen LogP contribution is -2.48. The number of rotatable bonds is 4. The minimum Gasteiger partial charge on any atom is -0.493 e. The Hall–Kier alpha value is -1.94. The molecule has 138 valence electrons. The highest BCUT2D eigenvalue weighted by molar-refractivity contribution is 7.88. The molecule has 2 aliphatic heterocycles. The molecule has 1 fully saturated rings. The van der Waals surface area contributed by atoms with Crippen LogP contribution >= 0.6 is 0 Å². The highest BCUT2D eigenvalue weighted by Crippen LogP contribution is 2.39. The van der Waals surface area contributed by atoms with Crippen LogP contribution in [0.1, 0.15) is 37.4 Å². The number of nitrogens with one attached hydrogen (secondary N) is 1. The Morgan fingerprint density at radius 1 is 1.32 bits per heavy atom. The van der Waals surface area contributed by atoms with Gasteiger partial charge in [-0.3, -0.25) is 0 Å². The van der Waals surface area contributed by atoms with Crippen molar-refractivity contribution in [2.75, 3.05) is 13.7 Å². The Kier molecular flexibility index (Phi) is 5.09. The first kappa shape index (κ1) is 17.9. The molecule has 10 heteroatoms. The van der Waals surface area contributed by atoms with Gasteiger partial charge in [0.15, 0.2) is 11.5 Å². The molecule has 1 atom stereocenters. The maximum atomic E-state index is 12.9. The van der Waals surface area contributed by atoms with Crippen LogP contribution in [0.25, 0.3) is 0 Å². The summed E-state index contributed by atoms with van der Waals surface area (Å²) < 4.78 is 66.0. The first-order valence-electron chi connectivity index (χ1n) is 7.91. The molecule has 0 bridgehead atoms. The molecule has 0 unspecified atom stereocenters. The van der Waals surface area contributed by atoms with Crippen LogP contribution in [0.4, 0.5) is 8.78 Å². The van der Waals surface area contributed by atoms with Crippen molar-refractivity contribution in [3.05, 3.63) is 23.8 Å². The van der Waals surface area contributed by atoms with Crippen LogP contribution in [0.5, 0.6) is 11.5 Å². The summed E-state index contributed by atoms with van der Waals surface area (Å²) in [5, 5.41) is 0. The highest BCUT2D eigenvalue weighted by atomic mass is 32.2. The largest absolute Gasteiger partial charge is 0.493 e. The van der Waals surface area contributed by atoms with Crippen LogP contribution in [-0.4, -0.2) is 39.4 Å². The molecule has 25 heavy (non-hydrogen) atoms. The maximum Gasteiger partial charge on any atom is 0.387 e. The molecule has 0 spiro atoms. The van der Waals surface area contributed by atoms with Crippen molar-refractivity contribution in [1.82, 2.24) is 9.62 Å². The second-order valence-electron chi connectivity index (χ2n) is 5.76. The predicted molar refractivity (Wildman–Crippen MR) is 87.0 cm³/mol. The Morgan fingerprint density at radius 2 is 2.12 bits per heavy atom. The number of amidine groups is 1. The van der Waals surface area contributed by atoms with Gasteiger partial charge in [-0.2, -0.15) is 21.9 Å². The summed E-state index contributed by atoms with van der Waals surface area (Å²) >= 11 is 0. The average molecular weight is 375 g/mol. The van der Waals surface area contributed by atoms with Gasteiger partial charge in [0, 0.05) is 18.5 Å². The number of hydrogen-bond acceptors (Lipinski definition) is 5. The average Bonchev–Trinajstić information content (AvgIpc) is 2.78. The Morgan fingerprint density at radius 3 is 2.84 bits per heavy atom. The van der Waals surface area contributed by atoms with E-state index < -0.39 is 23.0 Å². The zero-order valence-corrected chi connectivity index (χ0v) is 14.4. The topological polar surface area (TPSA) is 80.2 Å². The number of nitrogens with zero attached hydrogens (tertiary/aromatic N) is 2. The number of halogens is 2. The van der Waals surface area contributed by atoms with Crippen LogP contribution < -0.4 is 14.2 Å². The van der Waals surface area contributed by atoms with Crippen molar-refractivity contribution in [2.24, 2.45) is 4.40 Å². The molecule has 2 heterocycles. The second kappa shape index (κ2) is 7.12. The van der Waals surface area contributed by atoms with Gasteiger partial charge in [-0.05, 0) is 18.9 Å². The number of hydrogen-bond donors (Lipinski definition) is 1. The normalized spacial score (nSPS) is 22.8. The number of methoxy groups -OCH3 is 1. The molecular weight excluding hydrogens is 356 g/mol. The van der Waals surface area contributed by atoms with Crippen molar-refractivity contribution >= 4 is 16.0 Å². The van der Waals surface area contributed by atoms with E-state index in [0.29, 0.717) is 18.8 Å². The lowest BCUT2D eigenvalue weighted by atomic mass is 10.1. The Labute approximate surface area is 144 Å². The fraction of sp³-hybridized carbons (Fsp3) is 0.533. The van der Waals surface area contributed by atoms with Gasteiger partial charge in [0.25, 0.3) is 0 Å². The zero-order chi connectivity index (χ0) is 18.0. The van der Waals surface area contributed by atoms with E-state index in [1.54, 1.807) is 17.0 Å². The van der Waals surface area contributed by atoms with Gasteiger partial charge >= 0.3 is 16.8 Å². The molecule has 0 saturated carbocycles. The first-order valence-corrected chi connectivity index (χ1v) is 9.35. The molecule has 0 aliphatic carbocycles. The summed E-state index contributed by atoms with van der Waals surface area (Å²) in [5.74, 6) is 0.362. The summed E-state index contributed by atoms with van der Waals surface area (Å²) in [5.41, 5.74) is 0.262. The Bertz CT molecular complexity index is 770. The summed E-state index contributed by atoms with van der Waals surface area (Å²) in [7, 11) is -2.58. The van der Waals surface area contributed by atoms with Gasteiger partial charge in [0.05, 0.1) is 7.11 Å². The van der Waals surface area contributed by atoms with Gasteiger partial charge in [0.1, 0.15) is 12.0 Å². The molecule has 0 radical (unpaired) electrons. The SMILES string of the molecule is COc1cccc([C@H]2NS(=O)(=O)N=C3CCCCCN32)c1OC(F)F. The predicted octanol–water partition coefficient (Wildman–Crippen LogP) is 2.42. The lowest BCUT2D eigenvalue weighted by molar-refractivity contribution is -0.0524. The quantitative estimate of drug-likeness (QED) is 0.874. The smallest absolute Gasteiger partial charge is 0.387 e. The van der Waals surface area contributed by atoms with E-state index in [1.807, 2.05) is 0 Å². The zero-order valence-electron chi connectivity index (χ0n) is 13.6. The molecule has 1 aromatic rings. The molecule has 3 rings (SSSR count). The fourth-order valence-electron chi connectivity index (χ4n) is 3.12. The van der Waals surface area contributed by atoms with Crippen molar-refractivity contribution in [2.45, 2.75) is 38.5 Å². The van der Waals surface area contributed by atoms with E-state index in [0.717, 1.165) is 19.3 Å². The lowest BCUT2D eigenvalue weighted by Gasteiger charge is -2.37. The summed E-state index contributed by atoms with van der Waals surface area (Å²) in [6.07, 6.45) is 2.27. The van der Waals surface area contributed by atoms with Crippen LogP contribution in [-0.2, 0) is 10.2 Å². The van der Waals surface area contributed by atoms with E-state index in [4.69, 9.17) is 4.74 Å². The minimum atomic E-state index is -3.92. The third-order valence-corrected chi connectivity index (χ3v) is 5.13. The van der Waals surface area contributed by atoms with Gasteiger partial charge in [-0.15, -0.1) is 4.40 Å². The van der Waals surface area contributed by atoms with E-state index in [9.17, 15) is 17.2 Å². The summed E-state index contributed by atoms with van der Waals surface area (Å²) in [6.45, 7) is -2.50. The van der Waals surface area contributed by atoms with E-state index >= 15 is 0 Å². The number of fused-ring (bicyclic) bond motifs is 1. The van der Waals surface area contributed by atoms with Crippen LogP contribution in [0.2, 0.25) is 0 Å². The number of alkyl halides is 2. The fourth-order valence-corrected chi connectivity index (χ4v) is 4.18. The van der Waals surface area contributed by atoms with Gasteiger partial charge in [0.2, 0.25) is 0 Å². The van der Waals surface area contributed by atoms with Crippen LogP contribution in [0.15, 0.2) is 22.6 Å². The number of para-hydroxylation sites is 1. The molecule has 1 N–H and O–H groups in total. The number of benzene rings is 1.